The number of aromatic nitrogens is 2. The highest BCUT2D eigenvalue weighted by atomic mass is 35.5. The molecule has 1 fully saturated rings. The molecule has 142 valence electrons. The van der Waals surface area contributed by atoms with Gasteiger partial charge >= 0.3 is 0 Å². The molecule has 1 aromatic heterocycles. The third-order valence-corrected chi connectivity index (χ3v) is 5.04. The second-order valence-corrected chi connectivity index (χ2v) is 7.13. The zero-order valence-corrected chi connectivity index (χ0v) is 16.3. The normalized spacial score (nSPS) is 15.3. The maximum Gasteiger partial charge on any atom is 0.261 e. The average Bonchev–Trinajstić information content (AvgIpc) is 3.32. The van der Waals surface area contributed by atoms with Gasteiger partial charge < -0.3 is 15.0 Å². The minimum atomic E-state index is -0.471. The average molecular weight is 406 g/mol. The minimum absolute atomic E-state index is 0. The fourth-order valence-corrected chi connectivity index (χ4v) is 3.40. The lowest BCUT2D eigenvalue weighted by Gasteiger charge is -2.17. The van der Waals surface area contributed by atoms with Crippen LogP contribution in [0, 0.1) is 0 Å². The molecule has 0 atom stereocenters. The molecule has 1 aliphatic rings. The summed E-state index contributed by atoms with van der Waals surface area (Å²) in [7, 11) is 0. The van der Waals surface area contributed by atoms with Crippen LogP contribution in [0.3, 0.4) is 0 Å². The van der Waals surface area contributed by atoms with Crippen molar-refractivity contribution in [1.82, 2.24) is 10.1 Å². The molecule has 0 unspecified atom stereocenters. The Bertz CT molecular complexity index is 890. The van der Waals surface area contributed by atoms with Crippen molar-refractivity contribution in [3.05, 3.63) is 64.9 Å². The molecule has 0 radical (unpaired) electrons. The Hall–Kier alpha value is -2.08. The second kappa shape index (κ2) is 8.30. The highest BCUT2D eigenvalue weighted by Crippen LogP contribution is 2.36. The monoisotopic (exact) mass is 405 g/mol. The van der Waals surface area contributed by atoms with Crippen LogP contribution in [-0.4, -0.2) is 10.1 Å². The Balaban J connectivity index is 0.00000210. The number of rotatable bonds is 5. The number of hydrogen-bond donors (Lipinski definition) is 1. The molecule has 0 saturated heterocycles. The molecule has 0 spiro atoms. The van der Waals surface area contributed by atoms with Gasteiger partial charge in [0.25, 0.3) is 5.89 Å². The first-order valence-corrected chi connectivity index (χ1v) is 9.12. The summed E-state index contributed by atoms with van der Waals surface area (Å²) < 4.78 is 11.5. The summed E-state index contributed by atoms with van der Waals surface area (Å²) in [6, 6.07) is 15.2. The lowest BCUT2D eigenvalue weighted by Crippen LogP contribution is -2.34. The first kappa shape index (κ1) is 19.7. The van der Waals surface area contributed by atoms with Crippen LogP contribution >= 0.6 is 24.0 Å². The summed E-state index contributed by atoms with van der Waals surface area (Å²) in [5.41, 5.74) is 7.75. The van der Waals surface area contributed by atoms with Gasteiger partial charge in [-0.05, 0) is 42.7 Å². The van der Waals surface area contributed by atoms with Crippen molar-refractivity contribution in [2.45, 2.75) is 37.8 Å². The summed E-state index contributed by atoms with van der Waals surface area (Å²) in [4.78, 5) is 4.56. The summed E-state index contributed by atoms with van der Waals surface area (Å²) in [6.45, 7) is 0.427. The van der Waals surface area contributed by atoms with Gasteiger partial charge in [0.1, 0.15) is 12.4 Å². The van der Waals surface area contributed by atoms with E-state index in [1.54, 1.807) is 0 Å². The predicted octanol–water partition coefficient (Wildman–Crippen LogP) is 5.12. The standard InChI is InChI=1S/C20H20ClN3O2.ClH/c21-15-9-7-14(8-10-15)13-25-17-6-2-1-5-16(17)18-23-19(24-26-18)20(22)11-3-4-12-20;/h1-2,5-10H,3-4,11-13,22H2;1H. The Morgan fingerprint density at radius 2 is 1.78 bits per heavy atom. The van der Waals surface area contributed by atoms with E-state index in [2.05, 4.69) is 10.1 Å². The summed E-state index contributed by atoms with van der Waals surface area (Å²) >= 11 is 5.92. The molecule has 2 aromatic carbocycles. The third-order valence-electron chi connectivity index (χ3n) is 4.79. The molecule has 1 aliphatic carbocycles. The van der Waals surface area contributed by atoms with E-state index in [0.717, 1.165) is 36.8 Å². The van der Waals surface area contributed by atoms with Crippen molar-refractivity contribution in [2.24, 2.45) is 5.73 Å². The summed E-state index contributed by atoms with van der Waals surface area (Å²) in [5, 5.41) is 4.84. The molecule has 2 N–H and O–H groups in total. The van der Waals surface area contributed by atoms with Crippen molar-refractivity contribution in [2.75, 3.05) is 0 Å². The molecule has 4 rings (SSSR count). The van der Waals surface area contributed by atoms with E-state index in [0.29, 0.717) is 29.1 Å². The highest BCUT2D eigenvalue weighted by Gasteiger charge is 2.36. The van der Waals surface area contributed by atoms with Gasteiger partial charge in [-0.2, -0.15) is 4.98 Å². The molecule has 27 heavy (non-hydrogen) atoms. The first-order valence-electron chi connectivity index (χ1n) is 8.74. The van der Waals surface area contributed by atoms with Crippen LogP contribution < -0.4 is 10.5 Å². The van der Waals surface area contributed by atoms with Crippen LogP contribution in [0.5, 0.6) is 5.75 Å². The molecule has 5 nitrogen and oxygen atoms in total. The van der Waals surface area contributed by atoms with Gasteiger partial charge in [0.05, 0.1) is 11.1 Å². The predicted molar refractivity (Wildman–Crippen MR) is 107 cm³/mol. The van der Waals surface area contributed by atoms with Crippen LogP contribution in [0.15, 0.2) is 53.1 Å². The van der Waals surface area contributed by atoms with E-state index in [1.165, 1.54) is 0 Å². The van der Waals surface area contributed by atoms with Crippen molar-refractivity contribution >= 4 is 24.0 Å². The third kappa shape index (κ3) is 4.26. The van der Waals surface area contributed by atoms with E-state index >= 15 is 0 Å². The van der Waals surface area contributed by atoms with Crippen LogP contribution in [0.2, 0.25) is 5.02 Å². The number of nitrogens with two attached hydrogens (primary N) is 1. The van der Waals surface area contributed by atoms with Crippen LogP contribution in [0.25, 0.3) is 11.5 Å². The highest BCUT2D eigenvalue weighted by molar-refractivity contribution is 6.30. The Morgan fingerprint density at radius 1 is 1.07 bits per heavy atom. The molecule has 7 heteroatoms. The van der Waals surface area contributed by atoms with Gasteiger partial charge in [0.15, 0.2) is 5.82 Å². The van der Waals surface area contributed by atoms with E-state index in [9.17, 15) is 0 Å². The lowest BCUT2D eigenvalue weighted by molar-refractivity contribution is 0.305. The summed E-state index contributed by atoms with van der Waals surface area (Å²) in [5.74, 6) is 1.70. The Labute approximate surface area is 169 Å². The zero-order valence-electron chi connectivity index (χ0n) is 14.7. The van der Waals surface area contributed by atoms with Crippen molar-refractivity contribution in [3.8, 4) is 17.2 Å². The molecule has 0 bridgehead atoms. The quantitative estimate of drug-likeness (QED) is 0.637. The van der Waals surface area contributed by atoms with Gasteiger partial charge in [0, 0.05) is 5.02 Å². The molecule has 1 heterocycles. The zero-order chi connectivity index (χ0) is 18.0. The number of benzene rings is 2. The summed E-state index contributed by atoms with van der Waals surface area (Å²) in [6.07, 6.45) is 3.98. The van der Waals surface area contributed by atoms with Crippen molar-refractivity contribution in [3.63, 3.8) is 0 Å². The minimum Gasteiger partial charge on any atom is -0.488 e. The molecular formula is C20H21Cl2N3O2. The molecule has 0 aliphatic heterocycles. The number of ether oxygens (including phenoxy) is 1. The maximum atomic E-state index is 6.43. The maximum absolute atomic E-state index is 6.43. The van der Waals surface area contributed by atoms with Gasteiger partial charge in [-0.1, -0.05) is 53.9 Å². The van der Waals surface area contributed by atoms with E-state index < -0.39 is 5.54 Å². The SMILES string of the molecule is Cl.NC1(c2noc(-c3ccccc3OCc3ccc(Cl)cc3)n2)CCCC1. The fraction of sp³-hybridized carbons (Fsp3) is 0.300. The molecule has 3 aromatic rings. The lowest BCUT2D eigenvalue weighted by atomic mass is 9.99. The van der Waals surface area contributed by atoms with Gasteiger partial charge in [0.2, 0.25) is 0 Å². The second-order valence-electron chi connectivity index (χ2n) is 6.70. The number of para-hydroxylation sites is 1. The van der Waals surface area contributed by atoms with E-state index in [4.69, 9.17) is 26.6 Å². The topological polar surface area (TPSA) is 74.2 Å². The largest absolute Gasteiger partial charge is 0.488 e. The van der Waals surface area contributed by atoms with Gasteiger partial charge in [-0.15, -0.1) is 12.4 Å². The first-order chi connectivity index (χ1) is 12.6. The molecular weight excluding hydrogens is 385 g/mol. The number of hydrogen-bond acceptors (Lipinski definition) is 5. The van der Waals surface area contributed by atoms with E-state index in [1.807, 2.05) is 48.5 Å². The molecule has 0 amide bonds. The van der Waals surface area contributed by atoms with Crippen molar-refractivity contribution in [1.29, 1.82) is 0 Å². The van der Waals surface area contributed by atoms with Crippen LogP contribution in [-0.2, 0) is 12.1 Å². The van der Waals surface area contributed by atoms with Gasteiger partial charge in [-0.3, -0.25) is 0 Å². The van der Waals surface area contributed by atoms with Crippen molar-refractivity contribution < 1.29 is 9.26 Å². The van der Waals surface area contributed by atoms with Crippen LogP contribution in [0.1, 0.15) is 37.1 Å². The van der Waals surface area contributed by atoms with E-state index in [-0.39, 0.29) is 12.4 Å². The van der Waals surface area contributed by atoms with Gasteiger partial charge in [-0.25, -0.2) is 0 Å². The smallest absolute Gasteiger partial charge is 0.261 e. The fourth-order valence-electron chi connectivity index (χ4n) is 3.28. The molecule has 1 saturated carbocycles. The Morgan fingerprint density at radius 3 is 2.52 bits per heavy atom. The number of nitrogens with zero attached hydrogens (tertiary/aromatic N) is 2. The number of halogens is 2. The Kier molecular flexibility index (Phi) is 6.05. The van der Waals surface area contributed by atoms with Crippen LogP contribution in [0.4, 0.5) is 0 Å².